The molecule has 0 atom stereocenters. The van der Waals surface area contributed by atoms with Gasteiger partial charge in [0.15, 0.2) is 0 Å². The van der Waals surface area contributed by atoms with Crippen LogP contribution in [0.5, 0.6) is 0 Å². The summed E-state index contributed by atoms with van der Waals surface area (Å²) in [6.07, 6.45) is 6.00. The van der Waals surface area contributed by atoms with Crippen molar-refractivity contribution >= 4 is 5.91 Å². The molecule has 2 aliphatic heterocycles. The summed E-state index contributed by atoms with van der Waals surface area (Å²) in [7, 11) is 2.17. The number of ether oxygens (including phenoxy) is 1. The van der Waals surface area contributed by atoms with Crippen molar-refractivity contribution in [1.82, 2.24) is 14.7 Å². The largest absolute Gasteiger partial charge is 0.472 e. The van der Waals surface area contributed by atoms with E-state index < -0.39 is 0 Å². The summed E-state index contributed by atoms with van der Waals surface area (Å²) < 4.78 is 10.6. The van der Waals surface area contributed by atoms with Crippen LogP contribution >= 0.6 is 0 Å². The lowest BCUT2D eigenvalue weighted by molar-refractivity contribution is 0.0275. The first-order valence-electron chi connectivity index (χ1n) is 9.06. The van der Waals surface area contributed by atoms with Gasteiger partial charge in [0.1, 0.15) is 6.26 Å². The van der Waals surface area contributed by atoms with Gasteiger partial charge < -0.3 is 23.9 Å². The Morgan fingerprint density at radius 3 is 2.67 bits per heavy atom. The van der Waals surface area contributed by atoms with Crippen LogP contribution < -0.4 is 0 Å². The third-order valence-electron chi connectivity index (χ3n) is 5.13. The molecule has 0 radical (unpaired) electrons. The Morgan fingerprint density at radius 2 is 2.00 bits per heavy atom. The summed E-state index contributed by atoms with van der Waals surface area (Å²) in [5, 5.41) is 0. The van der Waals surface area contributed by atoms with Gasteiger partial charge in [0.25, 0.3) is 5.91 Å². The molecule has 24 heavy (non-hydrogen) atoms. The molecule has 0 bridgehead atoms. The molecule has 6 nitrogen and oxygen atoms in total. The van der Waals surface area contributed by atoms with Gasteiger partial charge in [-0.2, -0.15) is 0 Å². The lowest BCUT2D eigenvalue weighted by atomic mass is 10.1. The Balaban J connectivity index is 1.54. The Bertz CT molecular complexity index is 492. The van der Waals surface area contributed by atoms with Crippen LogP contribution in [0.1, 0.15) is 29.6 Å². The normalized spacial score (nSPS) is 21.0. The van der Waals surface area contributed by atoms with Crippen molar-refractivity contribution in [3.05, 3.63) is 24.2 Å². The molecule has 3 heterocycles. The number of amides is 1. The van der Waals surface area contributed by atoms with E-state index in [1.165, 1.54) is 0 Å². The van der Waals surface area contributed by atoms with E-state index in [-0.39, 0.29) is 11.9 Å². The summed E-state index contributed by atoms with van der Waals surface area (Å²) in [6, 6.07) is 2.04. The number of nitrogens with zero attached hydrogens (tertiary/aromatic N) is 3. The highest BCUT2D eigenvalue weighted by Gasteiger charge is 2.27. The predicted octanol–water partition coefficient (Wildman–Crippen LogP) is 1.54. The van der Waals surface area contributed by atoms with Crippen molar-refractivity contribution in [3.8, 4) is 0 Å². The number of likely N-dealkylation sites (N-methyl/N-ethyl adjacent to an activating group) is 1. The first-order valence-corrected chi connectivity index (χ1v) is 9.06. The third-order valence-corrected chi connectivity index (χ3v) is 5.13. The topological polar surface area (TPSA) is 49.2 Å². The van der Waals surface area contributed by atoms with E-state index in [0.717, 1.165) is 71.7 Å². The second-order valence-corrected chi connectivity index (χ2v) is 6.85. The molecule has 1 amide bonds. The van der Waals surface area contributed by atoms with E-state index in [1.54, 1.807) is 18.6 Å². The summed E-state index contributed by atoms with van der Waals surface area (Å²) >= 11 is 0. The average molecular weight is 335 g/mol. The quantitative estimate of drug-likeness (QED) is 0.789. The highest BCUT2D eigenvalue weighted by Crippen LogP contribution is 2.18. The Morgan fingerprint density at radius 1 is 1.25 bits per heavy atom. The van der Waals surface area contributed by atoms with Gasteiger partial charge in [0.05, 0.1) is 11.8 Å². The zero-order valence-electron chi connectivity index (χ0n) is 14.7. The number of rotatable bonds is 6. The van der Waals surface area contributed by atoms with Crippen LogP contribution in [0.3, 0.4) is 0 Å². The van der Waals surface area contributed by atoms with E-state index >= 15 is 0 Å². The molecule has 1 aromatic rings. The van der Waals surface area contributed by atoms with Gasteiger partial charge in [-0.15, -0.1) is 0 Å². The Labute approximate surface area is 144 Å². The van der Waals surface area contributed by atoms with Gasteiger partial charge in [-0.05, 0) is 38.9 Å². The molecule has 2 fully saturated rings. The summed E-state index contributed by atoms with van der Waals surface area (Å²) in [6.45, 7) is 7.89. The fraction of sp³-hybridized carbons (Fsp3) is 0.722. The highest BCUT2D eigenvalue weighted by atomic mass is 16.5. The molecule has 134 valence electrons. The molecule has 2 saturated heterocycles. The zero-order chi connectivity index (χ0) is 16.8. The van der Waals surface area contributed by atoms with Crippen molar-refractivity contribution in [3.63, 3.8) is 0 Å². The molecule has 0 unspecified atom stereocenters. The summed E-state index contributed by atoms with van der Waals surface area (Å²) in [4.78, 5) is 19.8. The fourth-order valence-electron chi connectivity index (χ4n) is 3.53. The van der Waals surface area contributed by atoms with Crippen molar-refractivity contribution < 1.29 is 13.9 Å². The minimum Gasteiger partial charge on any atom is -0.472 e. The van der Waals surface area contributed by atoms with Gasteiger partial charge in [-0.3, -0.25) is 4.79 Å². The molecule has 0 aliphatic carbocycles. The third kappa shape index (κ3) is 4.59. The van der Waals surface area contributed by atoms with Gasteiger partial charge in [-0.1, -0.05) is 0 Å². The number of furan rings is 1. The van der Waals surface area contributed by atoms with Gasteiger partial charge in [0, 0.05) is 52.0 Å². The lowest BCUT2D eigenvalue weighted by Crippen LogP contribution is -2.47. The monoisotopic (exact) mass is 335 g/mol. The van der Waals surface area contributed by atoms with Crippen LogP contribution in [0.25, 0.3) is 0 Å². The zero-order valence-corrected chi connectivity index (χ0v) is 14.7. The number of carbonyl (C=O) groups is 1. The first-order chi connectivity index (χ1) is 11.7. The lowest BCUT2D eigenvalue weighted by Gasteiger charge is -2.36. The van der Waals surface area contributed by atoms with Gasteiger partial charge >= 0.3 is 0 Å². The van der Waals surface area contributed by atoms with Crippen LogP contribution in [0.15, 0.2) is 23.0 Å². The molecule has 2 aliphatic rings. The highest BCUT2D eigenvalue weighted by molar-refractivity contribution is 5.94. The maximum atomic E-state index is 12.8. The van der Waals surface area contributed by atoms with E-state index in [1.807, 2.05) is 4.90 Å². The van der Waals surface area contributed by atoms with Gasteiger partial charge in [-0.25, -0.2) is 0 Å². The summed E-state index contributed by atoms with van der Waals surface area (Å²) in [5.41, 5.74) is 0.654. The second kappa shape index (κ2) is 8.65. The van der Waals surface area contributed by atoms with E-state index in [0.29, 0.717) is 5.56 Å². The fourth-order valence-corrected chi connectivity index (χ4v) is 3.53. The Kier molecular flexibility index (Phi) is 6.29. The van der Waals surface area contributed by atoms with Crippen molar-refractivity contribution in [2.75, 3.05) is 59.5 Å². The van der Waals surface area contributed by atoms with Crippen LogP contribution in [-0.4, -0.2) is 86.2 Å². The SMILES string of the molecule is CN1CCN(CCCN(C(=O)c2ccoc2)C2CCOCC2)CC1. The molecular formula is C18H29N3O3. The average Bonchev–Trinajstić information content (AvgIpc) is 3.15. The van der Waals surface area contributed by atoms with E-state index in [4.69, 9.17) is 9.15 Å². The van der Waals surface area contributed by atoms with E-state index in [9.17, 15) is 4.79 Å². The summed E-state index contributed by atoms with van der Waals surface area (Å²) in [5.74, 6) is 0.0917. The van der Waals surface area contributed by atoms with E-state index in [2.05, 4.69) is 16.8 Å². The van der Waals surface area contributed by atoms with Gasteiger partial charge in [0.2, 0.25) is 0 Å². The number of piperazine rings is 1. The molecule has 6 heteroatoms. The van der Waals surface area contributed by atoms with Crippen LogP contribution in [0.2, 0.25) is 0 Å². The van der Waals surface area contributed by atoms with Crippen molar-refractivity contribution in [2.45, 2.75) is 25.3 Å². The number of hydrogen-bond donors (Lipinski definition) is 0. The first kappa shape index (κ1) is 17.5. The second-order valence-electron chi connectivity index (χ2n) is 6.85. The Hall–Kier alpha value is -1.37. The minimum atomic E-state index is 0.0917. The maximum absolute atomic E-state index is 12.8. The van der Waals surface area contributed by atoms with Crippen molar-refractivity contribution in [2.24, 2.45) is 0 Å². The molecule has 0 spiro atoms. The molecule has 0 N–H and O–H groups in total. The molecule has 1 aromatic heterocycles. The number of carbonyl (C=O) groups excluding carboxylic acids is 1. The molecular weight excluding hydrogens is 306 g/mol. The van der Waals surface area contributed by atoms with Crippen LogP contribution in [0, 0.1) is 0 Å². The molecule has 0 saturated carbocycles. The van der Waals surface area contributed by atoms with Crippen LogP contribution in [0.4, 0.5) is 0 Å². The number of hydrogen-bond acceptors (Lipinski definition) is 5. The smallest absolute Gasteiger partial charge is 0.257 e. The van der Waals surface area contributed by atoms with Crippen LogP contribution in [-0.2, 0) is 4.74 Å². The minimum absolute atomic E-state index is 0.0917. The standard InChI is InChI=1S/C18H29N3O3/c1-19-8-10-20(11-9-19)6-2-7-21(17-4-13-23-14-5-17)18(22)16-3-12-24-15-16/h3,12,15,17H,2,4-11,13-14H2,1H3. The predicted molar refractivity (Wildman–Crippen MR) is 92.1 cm³/mol. The maximum Gasteiger partial charge on any atom is 0.257 e. The molecule has 3 rings (SSSR count). The molecule has 0 aromatic carbocycles. The van der Waals surface area contributed by atoms with Crippen molar-refractivity contribution in [1.29, 1.82) is 0 Å².